The highest BCUT2D eigenvalue weighted by atomic mass is 16.5. The number of fused-ring (bicyclic) bond motifs is 1. The molecule has 0 bridgehead atoms. The number of carbonyl (C=O) groups excluding carboxylic acids is 1. The third-order valence-electron chi connectivity index (χ3n) is 7.28. The van der Waals surface area contributed by atoms with Gasteiger partial charge in [0, 0.05) is 5.69 Å². The third kappa shape index (κ3) is 3.49. The molecule has 162 valence electrons. The summed E-state index contributed by atoms with van der Waals surface area (Å²) in [6, 6.07) is 8.16. The number of benzene rings is 1. The smallest absolute Gasteiger partial charge is 0.306 e. The topological polar surface area (TPSA) is 119 Å². The van der Waals surface area contributed by atoms with E-state index in [2.05, 4.69) is 22.1 Å². The Morgan fingerprint density at radius 3 is 2.55 bits per heavy atom. The number of hydrogen-bond acceptors (Lipinski definition) is 6. The molecule has 1 aromatic carbocycles. The minimum absolute atomic E-state index is 0.121. The van der Waals surface area contributed by atoms with Crippen LogP contribution in [0, 0.1) is 11.3 Å². The maximum atomic E-state index is 13.1. The number of carboxylic acids is 1. The van der Waals surface area contributed by atoms with Gasteiger partial charge in [0.25, 0.3) is 5.91 Å². The molecule has 2 saturated carbocycles. The minimum atomic E-state index is -0.646. The molecular formula is C23H26N4O4. The normalized spacial score (nSPS) is 27.7. The van der Waals surface area contributed by atoms with Crippen LogP contribution in [0.3, 0.4) is 0 Å². The van der Waals surface area contributed by atoms with Gasteiger partial charge < -0.3 is 20.5 Å². The van der Waals surface area contributed by atoms with E-state index in [1.165, 1.54) is 11.9 Å². The Morgan fingerprint density at radius 1 is 1.16 bits per heavy atom. The van der Waals surface area contributed by atoms with Crippen molar-refractivity contribution in [2.45, 2.75) is 44.4 Å². The Kier molecular flexibility index (Phi) is 4.79. The summed E-state index contributed by atoms with van der Waals surface area (Å²) in [4.78, 5) is 33.8. The lowest BCUT2D eigenvalue weighted by Crippen LogP contribution is -2.43. The predicted octanol–water partition coefficient (Wildman–Crippen LogP) is 3.24. The van der Waals surface area contributed by atoms with Crippen LogP contribution >= 0.6 is 0 Å². The molecule has 5 rings (SSSR count). The zero-order valence-corrected chi connectivity index (χ0v) is 17.3. The molecule has 2 heterocycles. The first-order valence-electron chi connectivity index (χ1n) is 10.8. The van der Waals surface area contributed by atoms with Crippen molar-refractivity contribution in [3.05, 3.63) is 41.7 Å². The fourth-order valence-electron chi connectivity index (χ4n) is 5.47. The number of nitrogens with two attached hydrogens (primary N) is 1. The van der Waals surface area contributed by atoms with Crippen LogP contribution in [-0.4, -0.2) is 40.1 Å². The lowest BCUT2D eigenvalue weighted by atomic mass is 9.54. The standard InChI is InChI=1S/C23H26N4O4/c24-19-18-20(26-13-25-19)31-10-9-27(21(18)28)17-3-1-14(2-4-17)15-5-7-23(8-6-15)11-16(12-23)22(29)30/h1-4,13,15-16H,5-12H2,(H,29,30)(H2,24,25,26). The summed E-state index contributed by atoms with van der Waals surface area (Å²) in [5.74, 6) is -0.208. The summed E-state index contributed by atoms with van der Waals surface area (Å²) in [6.07, 6.45) is 7.34. The van der Waals surface area contributed by atoms with Crippen LogP contribution < -0.4 is 15.4 Å². The van der Waals surface area contributed by atoms with Crippen LogP contribution in [0.5, 0.6) is 5.88 Å². The molecule has 8 heteroatoms. The SMILES string of the molecule is Nc1ncnc2c1C(=O)N(c1ccc(C3CCC4(CC3)CC(C(=O)O)C4)cc1)CCO2. The highest BCUT2D eigenvalue weighted by Crippen LogP contribution is 2.57. The van der Waals surface area contributed by atoms with Crippen LogP contribution in [0.2, 0.25) is 0 Å². The Hall–Kier alpha value is -3.16. The Balaban J connectivity index is 1.27. The van der Waals surface area contributed by atoms with E-state index in [0.29, 0.717) is 19.1 Å². The van der Waals surface area contributed by atoms with E-state index in [9.17, 15) is 9.59 Å². The van der Waals surface area contributed by atoms with Gasteiger partial charge in [-0.05, 0) is 67.6 Å². The number of carbonyl (C=O) groups is 2. The molecule has 1 spiro atoms. The summed E-state index contributed by atoms with van der Waals surface area (Å²) >= 11 is 0. The van der Waals surface area contributed by atoms with Crippen LogP contribution in [0.25, 0.3) is 0 Å². The van der Waals surface area contributed by atoms with Crippen molar-refractivity contribution in [3.8, 4) is 5.88 Å². The van der Waals surface area contributed by atoms with Gasteiger partial charge in [0.1, 0.15) is 24.3 Å². The Morgan fingerprint density at radius 2 is 1.87 bits per heavy atom. The molecule has 3 N–H and O–H groups in total. The van der Waals surface area contributed by atoms with Gasteiger partial charge in [-0.25, -0.2) is 9.97 Å². The van der Waals surface area contributed by atoms with Crippen molar-refractivity contribution in [1.82, 2.24) is 9.97 Å². The molecule has 1 aliphatic heterocycles. The van der Waals surface area contributed by atoms with Gasteiger partial charge >= 0.3 is 5.97 Å². The lowest BCUT2D eigenvalue weighted by Gasteiger charge is -2.50. The molecule has 3 aliphatic rings. The van der Waals surface area contributed by atoms with Gasteiger partial charge in [-0.15, -0.1) is 0 Å². The van der Waals surface area contributed by atoms with Crippen molar-refractivity contribution < 1.29 is 19.4 Å². The number of ether oxygens (including phenoxy) is 1. The highest BCUT2D eigenvalue weighted by molar-refractivity contribution is 6.10. The molecule has 0 unspecified atom stereocenters. The first kappa shape index (κ1) is 19.8. The van der Waals surface area contributed by atoms with Crippen molar-refractivity contribution in [3.63, 3.8) is 0 Å². The Labute approximate surface area is 180 Å². The predicted molar refractivity (Wildman–Crippen MR) is 114 cm³/mol. The fourth-order valence-corrected chi connectivity index (χ4v) is 5.47. The van der Waals surface area contributed by atoms with Crippen molar-refractivity contribution in [2.75, 3.05) is 23.8 Å². The van der Waals surface area contributed by atoms with Gasteiger partial charge in [0.05, 0.1) is 12.5 Å². The lowest BCUT2D eigenvalue weighted by molar-refractivity contribution is -0.151. The third-order valence-corrected chi connectivity index (χ3v) is 7.28. The molecule has 2 fully saturated rings. The number of amides is 1. The number of nitrogen functional groups attached to an aromatic ring is 1. The van der Waals surface area contributed by atoms with E-state index >= 15 is 0 Å². The van der Waals surface area contributed by atoms with E-state index in [-0.39, 0.29) is 34.5 Å². The van der Waals surface area contributed by atoms with Gasteiger partial charge in [-0.2, -0.15) is 0 Å². The summed E-state index contributed by atoms with van der Waals surface area (Å²) in [5, 5.41) is 9.17. The van der Waals surface area contributed by atoms with Crippen LogP contribution in [0.15, 0.2) is 30.6 Å². The molecule has 1 aromatic heterocycles. The molecule has 31 heavy (non-hydrogen) atoms. The molecule has 2 aromatic rings. The van der Waals surface area contributed by atoms with Crippen molar-refractivity contribution in [1.29, 1.82) is 0 Å². The number of aromatic nitrogens is 2. The zero-order valence-electron chi connectivity index (χ0n) is 17.3. The fraction of sp³-hybridized carbons (Fsp3) is 0.478. The molecule has 1 amide bonds. The number of hydrogen-bond donors (Lipinski definition) is 2. The summed E-state index contributed by atoms with van der Waals surface area (Å²) in [7, 11) is 0. The molecule has 0 saturated heterocycles. The molecule has 0 atom stereocenters. The molecule has 2 aliphatic carbocycles. The highest BCUT2D eigenvalue weighted by Gasteiger charge is 2.48. The van der Waals surface area contributed by atoms with Crippen LogP contribution in [0.1, 0.15) is 60.4 Å². The minimum Gasteiger partial charge on any atom is -0.481 e. The maximum Gasteiger partial charge on any atom is 0.306 e. The number of carboxylic acid groups (broad SMARTS) is 1. The maximum absolute atomic E-state index is 13.1. The average Bonchev–Trinajstić information content (AvgIpc) is 2.92. The second-order valence-electron chi connectivity index (χ2n) is 9.05. The average molecular weight is 422 g/mol. The van der Waals surface area contributed by atoms with E-state index in [1.54, 1.807) is 4.90 Å². The number of rotatable bonds is 3. The van der Waals surface area contributed by atoms with Crippen LogP contribution in [0.4, 0.5) is 11.5 Å². The van der Waals surface area contributed by atoms with E-state index in [1.807, 2.05) is 12.1 Å². The summed E-state index contributed by atoms with van der Waals surface area (Å²) in [6.45, 7) is 0.740. The van der Waals surface area contributed by atoms with Gasteiger partial charge in [0.2, 0.25) is 5.88 Å². The quantitative estimate of drug-likeness (QED) is 0.779. The van der Waals surface area contributed by atoms with Crippen molar-refractivity contribution >= 4 is 23.4 Å². The molecular weight excluding hydrogens is 396 g/mol. The number of anilines is 2. The van der Waals surface area contributed by atoms with Gasteiger partial charge in [-0.3, -0.25) is 9.59 Å². The van der Waals surface area contributed by atoms with Gasteiger partial charge in [-0.1, -0.05) is 12.1 Å². The van der Waals surface area contributed by atoms with E-state index in [4.69, 9.17) is 15.6 Å². The molecule has 8 nitrogen and oxygen atoms in total. The van der Waals surface area contributed by atoms with Crippen LogP contribution in [-0.2, 0) is 4.79 Å². The first-order chi connectivity index (χ1) is 15.0. The number of nitrogens with zero attached hydrogens (tertiary/aromatic N) is 3. The largest absolute Gasteiger partial charge is 0.481 e. The second kappa shape index (κ2) is 7.51. The number of aliphatic carboxylic acids is 1. The summed E-state index contributed by atoms with van der Waals surface area (Å²) < 4.78 is 5.60. The van der Waals surface area contributed by atoms with E-state index < -0.39 is 5.97 Å². The van der Waals surface area contributed by atoms with E-state index in [0.717, 1.165) is 44.2 Å². The van der Waals surface area contributed by atoms with Gasteiger partial charge in [0.15, 0.2) is 0 Å². The Bertz CT molecular complexity index is 1010. The van der Waals surface area contributed by atoms with Crippen molar-refractivity contribution in [2.24, 2.45) is 11.3 Å². The summed E-state index contributed by atoms with van der Waals surface area (Å²) in [5.41, 5.74) is 8.45. The second-order valence-corrected chi connectivity index (χ2v) is 9.05. The first-order valence-corrected chi connectivity index (χ1v) is 10.8. The molecule has 0 radical (unpaired) electrons. The monoisotopic (exact) mass is 422 g/mol. The zero-order chi connectivity index (χ0) is 21.6.